The molecule has 0 radical (unpaired) electrons. The lowest BCUT2D eigenvalue weighted by Crippen LogP contribution is -2.41. The first-order chi connectivity index (χ1) is 17.6. The van der Waals surface area contributed by atoms with Gasteiger partial charge in [-0.2, -0.15) is 0 Å². The van der Waals surface area contributed by atoms with Crippen molar-refractivity contribution in [1.82, 2.24) is 25.3 Å². The topological polar surface area (TPSA) is 78.9 Å². The Morgan fingerprint density at radius 3 is 2.42 bits per heavy atom. The highest BCUT2D eigenvalue weighted by atomic mass is 35.5. The van der Waals surface area contributed by atoms with Gasteiger partial charge in [0.15, 0.2) is 5.82 Å². The van der Waals surface area contributed by atoms with Crippen molar-refractivity contribution in [3.05, 3.63) is 89.2 Å². The maximum atomic E-state index is 14.3. The van der Waals surface area contributed by atoms with Crippen LogP contribution in [0.5, 0.6) is 0 Å². The van der Waals surface area contributed by atoms with Crippen molar-refractivity contribution in [3.8, 4) is 11.4 Å². The molecular weight excluding hydrogens is 477 g/mol. The van der Waals surface area contributed by atoms with Gasteiger partial charge in [-0.1, -0.05) is 23.7 Å². The van der Waals surface area contributed by atoms with E-state index in [1.54, 1.807) is 24.5 Å². The summed E-state index contributed by atoms with van der Waals surface area (Å²) in [4.78, 5) is 20.1. The van der Waals surface area contributed by atoms with E-state index in [2.05, 4.69) is 59.7 Å². The summed E-state index contributed by atoms with van der Waals surface area (Å²) in [6.07, 6.45) is 6.21. The number of piperidine rings is 1. The molecule has 1 aliphatic rings. The van der Waals surface area contributed by atoms with Crippen LogP contribution < -0.4 is 15.5 Å². The fourth-order valence-electron chi connectivity index (χ4n) is 4.35. The van der Waals surface area contributed by atoms with Gasteiger partial charge >= 0.3 is 0 Å². The summed E-state index contributed by atoms with van der Waals surface area (Å²) < 4.78 is 14.3. The zero-order valence-corrected chi connectivity index (χ0v) is 20.7. The molecule has 0 atom stereocenters. The van der Waals surface area contributed by atoms with Crippen LogP contribution in [0.25, 0.3) is 11.4 Å². The van der Waals surface area contributed by atoms with E-state index in [9.17, 15) is 4.39 Å². The average molecular weight is 504 g/mol. The van der Waals surface area contributed by atoms with Gasteiger partial charge in [0.2, 0.25) is 0 Å². The minimum absolute atomic E-state index is 0.240. The maximum Gasteiger partial charge on any atom is 0.164 e. The summed E-state index contributed by atoms with van der Waals surface area (Å²) in [6.45, 7) is 2.13. The fourth-order valence-corrected chi connectivity index (χ4v) is 4.52. The molecule has 2 aromatic carbocycles. The number of hydrogen-bond acceptors (Lipinski definition) is 7. The number of hydrogen-bond donors (Lipinski definition) is 2. The highest BCUT2D eigenvalue weighted by molar-refractivity contribution is 6.30. The van der Waals surface area contributed by atoms with Crippen LogP contribution in [0.15, 0.2) is 67.0 Å². The molecule has 36 heavy (non-hydrogen) atoms. The summed E-state index contributed by atoms with van der Waals surface area (Å²) in [5.41, 5.74) is 2.63. The molecule has 2 N–H and O–H groups in total. The Kier molecular flexibility index (Phi) is 7.34. The summed E-state index contributed by atoms with van der Waals surface area (Å²) in [6, 6.07) is 17.0. The molecule has 3 heterocycles. The molecule has 0 spiro atoms. The van der Waals surface area contributed by atoms with Crippen LogP contribution in [0.4, 0.5) is 21.7 Å². The molecule has 4 aromatic rings. The Bertz CT molecular complexity index is 1320. The monoisotopic (exact) mass is 503 g/mol. The summed E-state index contributed by atoms with van der Waals surface area (Å²) in [5, 5.41) is 6.96. The molecule has 9 heteroatoms. The second-order valence-electron chi connectivity index (χ2n) is 8.77. The van der Waals surface area contributed by atoms with Crippen LogP contribution in [0.1, 0.15) is 24.2 Å². The van der Waals surface area contributed by atoms with Crippen molar-refractivity contribution in [1.29, 1.82) is 0 Å². The van der Waals surface area contributed by atoms with E-state index in [4.69, 9.17) is 11.6 Å². The van der Waals surface area contributed by atoms with Crippen LogP contribution in [-0.2, 0) is 6.42 Å². The molecule has 0 aliphatic carbocycles. The summed E-state index contributed by atoms with van der Waals surface area (Å²) >= 11 is 6.02. The average Bonchev–Trinajstić information content (AvgIpc) is 2.91. The van der Waals surface area contributed by atoms with E-state index in [-0.39, 0.29) is 11.4 Å². The number of halogens is 2. The maximum absolute atomic E-state index is 14.3. The van der Waals surface area contributed by atoms with Gasteiger partial charge in [-0.25, -0.2) is 24.3 Å². The number of nitrogens with zero attached hydrogens (tertiary/aromatic N) is 5. The molecule has 1 aliphatic heterocycles. The Hall–Kier alpha value is -3.62. The Labute approximate surface area is 214 Å². The minimum atomic E-state index is -0.436. The van der Waals surface area contributed by atoms with Gasteiger partial charge < -0.3 is 15.5 Å². The molecule has 184 valence electrons. The third-order valence-electron chi connectivity index (χ3n) is 6.35. The van der Waals surface area contributed by atoms with E-state index in [1.807, 2.05) is 7.05 Å². The fraction of sp³-hybridized carbons (Fsp3) is 0.259. The van der Waals surface area contributed by atoms with Crippen LogP contribution >= 0.6 is 11.6 Å². The highest BCUT2D eigenvalue weighted by Gasteiger charge is 2.18. The second kappa shape index (κ2) is 11.0. The third-order valence-corrected chi connectivity index (χ3v) is 6.59. The van der Waals surface area contributed by atoms with Gasteiger partial charge in [-0.15, -0.1) is 0 Å². The van der Waals surface area contributed by atoms with Gasteiger partial charge in [0.05, 0.1) is 5.56 Å². The zero-order valence-electron chi connectivity index (χ0n) is 20.0. The predicted molar refractivity (Wildman–Crippen MR) is 141 cm³/mol. The standard InChI is InChI=1S/C27H27ClFN7/c1-30-20-10-14-36(15-11-20)21-5-2-18(3-6-21)16-26-31-12-8-24(34-26)33-25-9-13-32-27(35-25)22-17-19(28)4-7-23(22)29/h2-9,12-13,17,20,30H,10-11,14-16H2,1H3,(H,31,32,33,34,35). The third kappa shape index (κ3) is 5.78. The van der Waals surface area contributed by atoms with Crippen molar-refractivity contribution in [2.24, 2.45) is 0 Å². The van der Waals surface area contributed by atoms with Crippen molar-refractivity contribution >= 4 is 28.9 Å². The normalized spacial score (nSPS) is 14.1. The van der Waals surface area contributed by atoms with Gasteiger partial charge in [-0.3, -0.25) is 0 Å². The molecular formula is C27H27ClFN7. The van der Waals surface area contributed by atoms with Crippen LogP contribution in [0.2, 0.25) is 5.02 Å². The van der Waals surface area contributed by atoms with Crippen LogP contribution in [0.3, 0.4) is 0 Å². The number of nitrogens with one attached hydrogen (secondary N) is 2. The van der Waals surface area contributed by atoms with E-state index in [0.29, 0.717) is 34.9 Å². The predicted octanol–water partition coefficient (Wildman–Crippen LogP) is 5.25. The SMILES string of the molecule is CNC1CCN(c2ccc(Cc3nccc(Nc4ccnc(-c5cc(Cl)ccc5F)n4)n3)cc2)CC1. The molecule has 0 unspecified atom stereocenters. The van der Waals surface area contributed by atoms with Crippen molar-refractivity contribution in [3.63, 3.8) is 0 Å². The lowest BCUT2D eigenvalue weighted by atomic mass is 10.0. The smallest absolute Gasteiger partial charge is 0.164 e. The van der Waals surface area contributed by atoms with E-state index in [1.165, 1.54) is 23.9 Å². The van der Waals surface area contributed by atoms with E-state index >= 15 is 0 Å². The van der Waals surface area contributed by atoms with Gasteiger partial charge in [0.1, 0.15) is 23.3 Å². The molecule has 0 bridgehead atoms. The van der Waals surface area contributed by atoms with Crippen LogP contribution in [0, 0.1) is 5.82 Å². The lowest BCUT2D eigenvalue weighted by molar-refractivity contribution is 0.442. The Morgan fingerprint density at radius 1 is 0.944 bits per heavy atom. The lowest BCUT2D eigenvalue weighted by Gasteiger charge is -2.33. The first-order valence-corrected chi connectivity index (χ1v) is 12.3. The van der Waals surface area contributed by atoms with Gasteiger partial charge in [0.25, 0.3) is 0 Å². The van der Waals surface area contributed by atoms with Crippen molar-refractivity contribution < 1.29 is 4.39 Å². The largest absolute Gasteiger partial charge is 0.371 e. The van der Waals surface area contributed by atoms with Crippen molar-refractivity contribution in [2.45, 2.75) is 25.3 Å². The molecule has 1 fully saturated rings. The number of benzene rings is 2. The molecule has 1 saturated heterocycles. The second-order valence-corrected chi connectivity index (χ2v) is 9.20. The van der Waals surface area contributed by atoms with Gasteiger partial charge in [0, 0.05) is 48.7 Å². The van der Waals surface area contributed by atoms with E-state index in [0.717, 1.165) is 31.5 Å². The number of rotatable bonds is 7. The highest BCUT2D eigenvalue weighted by Crippen LogP contribution is 2.25. The molecule has 5 rings (SSSR count). The van der Waals surface area contributed by atoms with E-state index < -0.39 is 5.82 Å². The van der Waals surface area contributed by atoms with Crippen LogP contribution in [-0.4, -0.2) is 46.1 Å². The molecule has 2 aromatic heterocycles. The number of anilines is 3. The molecule has 7 nitrogen and oxygen atoms in total. The number of aromatic nitrogens is 4. The molecule has 0 amide bonds. The summed E-state index contributed by atoms with van der Waals surface area (Å²) in [5.74, 6) is 1.59. The first-order valence-electron chi connectivity index (χ1n) is 12.0. The minimum Gasteiger partial charge on any atom is -0.371 e. The Morgan fingerprint density at radius 2 is 1.67 bits per heavy atom. The quantitative estimate of drug-likeness (QED) is 0.356. The first kappa shape index (κ1) is 24.1. The summed E-state index contributed by atoms with van der Waals surface area (Å²) in [7, 11) is 2.04. The Balaban J connectivity index is 1.25. The van der Waals surface area contributed by atoms with Gasteiger partial charge in [-0.05, 0) is 67.9 Å². The van der Waals surface area contributed by atoms with Crippen molar-refractivity contribution in [2.75, 3.05) is 30.4 Å². The molecule has 0 saturated carbocycles. The zero-order chi connectivity index (χ0) is 24.9.